The van der Waals surface area contributed by atoms with Crippen LogP contribution in [0.4, 0.5) is 5.69 Å². The monoisotopic (exact) mass is 200 g/mol. The Morgan fingerprint density at radius 2 is 1.90 bits per heavy atom. The Balaban J connectivity index is 2.67. The zero-order chi connectivity index (χ0) is 7.40. The standard InChI is InChI=1S/C7H8N2Se/c8-7(10)9-6-4-2-1-3-5-6/h1-5H,(H3,8,9,10). The molecule has 0 fully saturated rings. The van der Waals surface area contributed by atoms with Crippen molar-refractivity contribution >= 4 is 25.9 Å². The molecule has 3 heteroatoms. The summed E-state index contributed by atoms with van der Waals surface area (Å²) in [5.74, 6) is 0. The van der Waals surface area contributed by atoms with Gasteiger partial charge in [0.2, 0.25) is 0 Å². The van der Waals surface area contributed by atoms with Crippen LogP contribution in [0.2, 0.25) is 0 Å². The van der Waals surface area contributed by atoms with E-state index in [-0.39, 0.29) is 0 Å². The SMILES string of the molecule is NC(=[Se])Nc1ccccc1. The topological polar surface area (TPSA) is 38.0 Å². The molecule has 0 amide bonds. The first-order valence-electron chi connectivity index (χ1n) is 2.90. The van der Waals surface area contributed by atoms with Crippen molar-refractivity contribution in [3.8, 4) is 0 Å². The molecule has 0 bridgehead atoms. The summed E-state index contributed by atoms with van der Waals surface area (Å²) in [5, 5.41) is 2.94. The number of nitrogens with one attached hydrogen (secondary N) is 1. The summed E-state index contributed by atoms with van der Waals surface area (Å²) in [6, 6.07) is 9.76. The Morgan fingerprint density at radius 1 is 1.30 bits per heavy atom. The molecule has 0 saturated carbocycles. The van der Waals surface area contributed by atoms with E-state index in [1.54, 1.807) is 0 Å². The normalized spacial score (nSPS) is 8.80. The molecule has 0 atom stereocenters. The maximum atomic E-state index is 5.37. The van der Waals surface area contributed by atoms with Gasteiger partial charge in [-0.05, 0) is 0 Å². The first-order chi connectivity index (χ1) is 4.79. The predicted octanol–water partition coefficient (Wildman–Crippen LogP) is 0.313. The van der Waals surface area contributed by atoms with Crippen molar-refractivity contribution in [1.29, 1.82) is 0 Å². The molecule has 0 radical (unpaired) electrons. The van der Waals surface area contributed by atoms with Gasteiger partial charge >= 0.3 is 67.3 Å². The van der Waals surface area contributed by atoms with Gasteiger partial charge in [0.05, 0.1) is 0 Å². The number of anilines is 1. The number of hydrogen-bond acceptors (Lipinski definition) is 2. The molecule has 0 aliphatic rings. The van der Waals surface area contributed by atoms with Gasteiger partial charge in [0.15, 0.2) is 0 Å². The average Bonchev–Trinajstić information content (AvgIpc) is 1.88. The van der Waals surface area contributed by atoms with Gasteiger partial charge in [-0.1, -0.05) is 0 Å². The van der Waals surface area contributed by atoms with Crippen LogP contribution in [0.3, 0.4) is 0 Å². The fourth-order valence-electron chi connectivity index (χ4n) is 0.664. The first kappa shape index (κ1) is 7.32. The number of para-hydroxylation sites is 1. The molecule has 0 aliphatic heterocycles. The molecule has 0 unspecified atom stereocenters. The molecule has 0 aliphatic carbocycles. The zero-order valence-corrected chi connectivity index (χ0v) is 7.09. The summed E-state index contributed by atoms with van der Waals surface area (Å²) in [6.07, 6.45) is 0. The van der Waals surface area contributed by atoms with E-state index >= 15 is 0 Å². The van der Waals surface area contributed by atoms with E-state index in [1.165, 1.54) is 0 Å². The van der Waals surface area contributed by atoms with E-state index in [9.17, 15) is 0 Å². The zero-order valence-electron chi connectivity index (χ0n) is 5.37. The molecule has 52 valence electrons. The summed E-state index contributed by atoms with van der Waals surface area (Å²) in [6.45, 7) is 0. The minimum atomic E-state index is 0.589. The van der Waals surface area contributed by atoms with Gasteiger partial charge in [0, 0.05) is 0 Å². The van der Waals surface area contributed by atoms with Gasteiger partial charge in [-0.2, -0.15) is 0 Å². The molecule has 0 spiro atoms. The van der Waals surface area contributed by atoms with Gasteiger partial charge in [-0.25, -0.2) is 0 Å². The third-order valence-corrected chi connectivity index (χ3v) is 1.26. The molecule has 0 saturated heterocycles. The molecule has 0 heterocycles. The summed E-state index contributed by atoms with van der Waals surface area (Å²) in [5.41, 5.74) is 6.37. The summed E-state index contributed by atoms with van der Waals surface area (Å²) in [7, 11) is 0. The Bertz CT molecular complexity index is 220. The van der Waals surface area contributed by atoms with Gasteiger partial charge in [0.1, 0.15) is 0 Å². The van der Waals surface area contributed by atoms with Crippen LogP contribution in [0.5, 0.6) is 0 Å². The van der Waals surface area contributed by atoms with Crippen LogP contribution in [-0.2, 0) is 0 Å². The second-order valence-corrected chi connectivity index (χ2v) is 2.78. The minimum absolute atomic E-state index is 0.589. The molecule has 2 nitrogen and oxygen atoms in total. The van der Waals surface area contributed by atoms with Crippen molar-refractivity contribution in [2.45, 2.75) is 0 Å². The van der Waals surface area contributed by atoms with Gasteiger partial charge in [-0.3, -0.25) is 0 Å². The molecule has 1 aromatic carbocycles. The van der Waals surface area contributed by atoms with Crippen LogP contribution in [0.1, 0.15) is 0 Å². The predicted molar refractivity (Wildman–Crippen MR) is 45.0 cm³/mol. The number of rotatable bonds is 2. The fourth-order valence-corrected chi connectivity index (χ4v) is 0.911. The second kappa shape index (κ2) is 3.40. The Morgan fingerprint density at radius 3 is 2.40 bits per heavy atom. The molecular formula is C7H8N2Se. The molecular weight excluding hydrogens is 191 g/mol. The van der Waals surface area contributed by atoms with Crippen molar-refractivity contribution in [2.75, 3.05) is 5.32 Å². The second-order valence-electron chi connectivity index (χ2n) is 1.86. The van der Waals surface area contributed by atoms with Crippen molar-refractivity contribution in [3.63, 3.8) is 0 Å². The van der Waals surface area contributed by atoms with Crippen molar-refractivity contribution in [3.05, 3.63) is 30.3 Å². The van der Waals surface area contributed by atoms with Crippen molar-refractivity contribution in [2.24, 2.45) is 5.73 Å². The fraction of sp³-hybridized carbons (Fsp3) is 0. The molecule has 3 N–H and O–H groups in total. The summed E-state index contributed by atoms with van der Waals surface area (Å²) < 4.78 is 0.589. The number of benzene rings is 1. The number of nitrogens with two attached hydrogens (primary N) is 1. The van der Waals surface area contributed by atoms with Gasteiger partial charge < -0.3 is 0 Å². The number of hydrogen-bond donors (Lipinski definition) is 2. The first-order valence-corrected chi connectivity index (χ1v) is 3.76. The molecule has 0 aromatic heterocycles. The van der Waals surface area contributed by atoms with Crippen LogP contribution >= 0.6 is 0 Å². The van der Waals surface area contributed by atoms with Crippen LogP contribution in [0.15, 0.2) is 30.3 Å². The van der Waals surface area contributed by atoms with Crippen LogP contribution in [-0.4, -0.2) is 20.2 Å². The third kappa shape index (κ3) is 2.21. The van der Waals surface area contributed by atoms with Gasteiger partial charge in [-0.15, -0.1) is 0 Å². The van der Waals surface area contributed by atoms with E-state index < -0.39 is 0 Å². The quantitative estimate of drug-likeness (QED) is 0.673. The van der Waals surface area contributed by atoms with E-state index in [4.69, 9.17) is 5.73 Å². The summed E-state index contributed by atoms with van der Waals surface area (Å²) >= 11 is 2.67. The van der Waals surface area contributed by atoms with Crippen molar-refractivity contribution in [1.82, 2.24) is 0 Å². The van der Waals surface area contributed by atoms with Crippen LogP contribution in [0.25, 0.3) is 0 Å². The molecule has 1 aromatic rings. The van der Waals surface area contributed by atoms with E-state index in [0.29, 0.717) is 4.67 Å². The Labute approximate surface area is 67.8 Å². The van der Waals surface area contributed by atoms with E-state index in [2.05, 4.69) is 20.9 Å². The van der Waals surface area contributed by atoms with E-state index in [1.807, 2.05) is 30.3 Å². The van der Waals surface area contributed by atoms with E-state index in [0.717, 1.165) is 5.69 Å². The Hall–Kier alpha value is -0.791. The summed E-state index contributed by atoms with van der Waals surface area (Å²) in [4.78, 5) is 0. The average molecular weight is 199 g/mol. The Kier molecular flexibility index (Phi) is 2.49. The van der Waals surface area contributed by atoms with Gasteiger partial charge in [0.25, 0.3) is 0 Å². The maximum absolute atomic E-state index is 5.37. The molecule has 1 rings (SSSR count). The van der Waals surface area contributed by atoms with Crippen molar-refractivity contribution < 1.29 is 0 Å². The van der Waals surface area contributed by atoms with Crippen LogP contribution in [0, 0.1) is 0 Å². The molecule has 10 heavy (non-hydrogen) atoms. The third-order valence-electron chi connectivity index (χ3n) is 1.04. The van der Waals surface area contributed by atoms with Crippen LogP contribution < -0.4 is 11.1 Å².